The zero-order valence-electron chi connectivity index (χ0n) is 13.5. The fraction of sp³-hybridized carbons (Fsp3) is 0.375. The van der Waals surface area contributed by atoms with Gasteiger partial charge < -0.3 is 10.6 Å². The monoisotopic (exact) mass is 351 g/mol. The number of carbonyl (C=O) groups excluding carboxylic acids is 2. The summed E-state index contributed by atoms with van der Waals surface area (Å²) < 4.78 is 26.7. The van der Waals surface area contributed by atoms with Crippen LogP contribution < -0.4 is 10.6 Å². The number of hydrogen-bond acceptors (Lipinski definition) is 4. The van der Waals surface area contributed by atoms with Gasteiger partial charge in [-0.1, -0.05) is 6.58 Å². The van der Waals surface area contributed by atoms with Gasteiger partial charge >= 0.3 is 0 Å². The molecule has 0 aliphatic carbocycles. The molecular formula is C16H21N3O4S. The Morgan fingerprint density at radius 1 is 1.21 bits per heavy atom. The number of nitrogens with zero attached hydrogens (tertiary/aromatic N) is 1. The van der Waals surface area contributed by atoms with Gasteiger partial charge in [0.25, 0.3) is 0 Å². The molecule has 8 heteroatoms. The normalized spacial score (nSPS) is 16.4. The molecular weight excluding hydrogens is 330 g/mol. The molecule has 0 atom stereocenters. The summed E-state index contributed by atoms with van der Waals surface area (Å²) in [6, 6.07) is 6.03. The molecule has 0 bridgehead atoms. The summed E-state index contributed by atoms with van der Waals surface area (Å²) in [6.07, 6.45) is 2.32. The number of rotatable bonds is 5. The fourth-order valence-corrected chi connectivity index (χ4v) is 4.05. The van der Waals surface area contributed by atoms with E-state index >= 15 is 0 Å². The number of carbonyl (C=O) groups is 2. The molecule has 0 radical (unpaired) electrons. The van der Waals surface area contributed by atoms with Crippen LogP contribution in [0, 0.1) is 0 Å². The van der Waals surface area contributed by atoms with Crippen LogP contribution in [0.2, 0.25) is 0 Å². The average molecular weight is 351 g/mol. The maximum atomic E-state index is 12.6. The molecule has 0 unspecified atom stereocenters. The Balaban J connectivity index is 2.04. The van der Waals surface area contributed by atoms with Crippen LogP contribution in [0.3, 0.4) is 0 Å². The third-order valence-corrected chi connectivity index (χ3v) is 5.72. The zero-order chi connectivity index (χ0) is 17.7. The number of amides is 2. The van der Waals surface area contributed by atoms with Crippen LogP contribution in [0.15, 0.2) is 41.8 Å². The SMILES string of the molecule is C=CC(=O)Nc1ccc(S(=O)(=O)N2CCC(NC(C)=O)CC2)cc1. The maximum absolute atomic E-state index is 12.6. The van der Waals surface area contributed by atoms with E-state index in [9.17, 15) is 18.0 Å². The minimum atomic E-state index is -3.58. The van der Waals surface area contributed by atoms with Crippen LogP contribution in [0.5, 0.6) is 0 Å². The Bertz CT molecular complexity index is 720. The lowest BCUT2D eigenvalue weighted by molar-refractivity contribution is -0.119. The first-order valence-corrected chi connectivity index (χ1v) is 9.07. The molecule has 1 aromatic carbocycles. The minimum absolute atomic E-state index is 0.0189. The lowest BCUT2D eigenvalue weighted by Gasteiger charge is -2.31. The second kappa shape index (κ2) is 7.59. The van der Waals surface area contributed by atoms with Crippen molar-refractivity contribution in [2.75, 3.05) is 18.4 Å². The average Bonchev–Trinajstić information content (AvgIpc) is 2.55. The summed E-state index contributed by atoms with van der Waals surface area (Å²) in [7, 11) is -3.58. The number of sulfonamides is 1. The third kappa shape index (κ3) is 4.42. The lowest BCUT2D eigenvalue weighted by atomic mass is 10.1. The van der Waals surface area contributed by atoms with E-state index in [2.05, 4.69) is 17.2 Å². The van der Waals surface area contributed by atoms with E-state index in [4.69, 9.17) is 0 Å². The van der Waals surface area contributed by atoms with Gasteiger partial charge in [0.05, 0.1) is 4.90 Å². The molecule has 1 aromatic rings. The highest BCUT2D eigenvalue weighted by molar-refractivity contribution is 7.89. The highest BCUT2D eigenvalue weighted by Gasteiger charge is 2.29. The van der Waals surface area contributed by atoms with Gasteiger partial charge in [-0.3, -0.25) is 9.59 Å². The smallest absolute Gasteiger partial charge is 0.247 e. The van der Waals surface area contributed by atoms with Gasteiger partial charge in [0, 0.05) is 31.7 Å². The van der Waals surface area contributed by atoms with Crippen molar-refractivity contribution < 1.29 is 18.0 Å². The number of piperidine rings is 1. The molecule has 1 heterocycles. The second-order valence-electron chi connectivity index (χ2n) is 5.60. The van der Waals surface area contributed by atoms with E-state index in [0.717, 1.165) is 6.08 Å². The van der Waals surface area contributed by atoms with E-state index in [1.54, 1.807) is 12.1 Å². The molecule has 2 amide bonds. The van der Waals surface area contributed by atoms with Crippen molar-refractivity contribution >= 4 is 27.5 Å². The predicted octanol–water partition coefficient (Wildman–Crippen LogP) is 1.10. The molecule has 1 saturated heterocycles. The van der Waals surface area contributed by atoms with Crippen molar-refractivity contribution in [2.45, 2.75) is 30.7 Å². The second-order valence-corrected chi connectivity index (χ2v) is 7.53. The summed E-state index contributed by atoms with van der Waals surface area (Å²) in [6.45, 7) is 5.54. The van der Waals surface area contributed by atoms with Gasteiger partial charge in [-0.25, -0.2) is 8.42 Å². The largest absolute Gasteiger partial charge is 0.354 e. The third-order valence-electron chi connectivity index (χ3n) is 3.81. The van der Waals surface area contributed by atoms with Crippen LogP contribution in [0.25, 0.3) is 0 Å². The van der Waals surface area contributed by atoms with Crippen LogP contribution in [0.1, 0.15) is 19.8 Å². The number of anilines is 1. The van der Waals surface area contributed by atoms with E-state index in [1.165, 1.54) is 23.4 Å². The van der Waals surface area contributed by atoms with Crippen molar-refractivity contribution in [3.8, 4) is 0 Å². The van der Waals surface area contributed by atoms with Crippen LogP contribution >= 0.6 is 0 Å². The zero-order valence-corrected chi connectivity index (χ0v) is 14.3. The van der Waals surface area contributed by atoms with Crippen molar-refractivity contribution in [1.29, 1.82) is 0 Å². The molecule has 1 aliphatic heterocycles. The lowest BCUT2D eigenvalue weighted by Crippen LogP contribution is -2.45. The van der Waals surface area contributed by atoms with Crippen molar-refractivity contribution in [1.82, 2.24) is 9.62 Å². The van der Waals surface area contributed by atoms with Gasteiger partial charge in [0.2, 0.25) is 21.8 Å². The van der Waals surface area contributed by atoms with Crippen LogP contribution in [-0.2, 0) is 19.6 Å². The minimum Gasteiger partial charge on any atom is -0.354 e. The van der Waals surface area contributed by atoms with Crippen LogP contribution in [-0.4, -0.2) is 43.7 Å². The molecule has 1 aliphatic rings. The van der Waals surface area contributed by atoms with Crippen molar-refractivity contribution in [3.63, 3.8) is 0 Å². The van der Waals surface area contributed by atoms with Gasteiger partial charge in [-0.15, -0.1) is 0 Å². The Labute approximate surface area is 141 Å². The fourth-order valence-electron chi connectivity index (χ4n) is 2.58. The molecule has 0 saturated carbocycles. The molecule has 2 N–H and O–H groups in total. The molecule has 130 valence electrons. The molecule has 1 fully saturated rings. The first-order valence-electron chi connectivity index (χ1n) is 7.63. The van der Waals surface area contributed by atoms with Crippen LogP contribution in [0.4, 0.5) is 5.69 Å². The quantitative estimate of drug-likeness (QED) is 0.777. The first kappa shape index (κ1) is 18.2. The number of nitrogens with one attached hydrogen (secondary N) is 2. The Morgan fingerprint density at radius 3 is 2.29 bits per heavy atom. The van der Waals surface area contributed by atoms with E-state index in [-0.39, 0.29) is 22.8 Å². The predicted molar refractivity (Wildman–Crippen MR) is 90.9 cm³/mol. The van der Waals surface area contributed by atoms with Gasteiger partial charge in [0.15, 0.2) is 0 Å². The van der Waals surface area contributed by atoms with E-state index in [1.807, 2.05) is 0 Å². The standard InChI is InChI=1S/C16H21N3O4S/c1-3-16(21)18-13-4-6-15(7-5-13)24(22,23)19-10-8-14(9-11-19)17-12(2)20/h3-7,14H,1,8-11H2,2H3,(H,17,20)(H,18,21). The molecule has 0 spiro atoms. The Hall–Kier alpha value is -2.19. The van der Waals surface area contributed by atoms with Gasteiger partial charge in [-0.05, 0) is 43.2 Å². The summed E-state index contributed by atoms with van der Waals surface area (Å²) in [4.78, 5) is 22.5. The summed E-state index contributed by atoms with van der Waals surface area (Å²) in [5.41, 5.74) is 0.503. The van der Waals surface area contributed by atoms with Crippen molar-refractivity contribution in [2.24, 2.45) is 0 Å². The summed E-state index contributed by atoms with van der Waals surface area (Å²) >= 11 is 0. The Morgan fingerprint density at radius 2 is 1.79 bits per heavy atom. The van der Waals surface area contributed by atoms with Gasteiger partial charge in [-0.2, -0.15) is 4.31 Å². The first-order chi connectivity index (χ1) is 11.3. The summed E-state index contributed by atoms with van der Waals surface area (Å²) in [5, 5.41) is 5.38. The van der Waals surface area contributed by atoms with E-state index in [0.29, 0.717) is 31.6 Å². The topological polar surface area (TPSA) is 95.6 Å². The number of benzene rings is 1. The highest BCUT2D eigenvalue weighted by Crippen LogP contribution is 2.22. The molecule has 7 nitrogen and oxygen atoms in total. The molecule has 0 aromatic heterocycles. The van der Waals surface area contributed by atoms with Crippen molar-refractivity contribution in [3.05, 3.63) is 36.9 Å². The maximum Gasteiger partial charge on any atom is 0.247 e. The Kier molecular flexibility index (Phi) is 5.74. The van der Waals surface area contributed by atoms with Gasteiger partial charge in [0.1, 0.15) is 0 Å². The molecule has 24 heavy (non-hydrogen) atoms. The van der Waals surface area contributed by atoms with E-state index < -0.39 is 10.0 Å². The summed E-state index contributed by atoms with van der Waals surface area (Å²) in [5.74, 6) is -0.459. The molecule has 2 rings (SSSR count). The highest BCUT2D eigenvalue weighted by atomic mass is 32.2. The number of hydrogen-bond donors (Lipinski definition) is 2.